The van der Waals surface area contributed by atoms with E-state index in [1.165, 1.54) is 10.5 Å². The predicted molar refractivity (Wildman–Crippen MR) is 81.6 cm³/mol. The van der Waals surface area contributed by atoms with Crippen LogP contribution in [0.25, 0.3) is 0 Å². The van der Waals surface area contributed by atoms with Gasteiger partial charge in [-0.2, -0.15) is 0 Å². The molecule has 1 aromatic heterocycles. The number of hydrogen-bond donors (Lipinski definition) is 1. The minimum atomic E-state index is 0.798. The number of rotatable bonds is 6. The number of thioether (sulfide) groups is 1. The van der Waals surface area contributed by atoms with Gasteiger partial charge in [-0.15, -0.1) is 11.8 Å². The zero-order chi connectivity index (χ0) is 13.5. The Morgan fingerprint density at radius 1 is 1.21 bits per heavy atom. The van der Waals surface area contributed by atoms with Crippen LogP contribution in [0.3, 0.4) is 0 Å². The Kier molecular flexibility index (Phi) is 5.21. The topological polar surface area (TPSA) is 37.8 Å². The summed E-state index contributed by atoms with van der Waals surface area (Å²) in [4.78, 5) is 10.1. The molecule has 1 aromatic carbocycles. The van der Waals surface area contributed by atoms with Gasteiger partial charge in [0.1, 0.15) is 11.6 Å². The highest BCUT2D eigenvalue weighted by atomic mass is 32.2. The van der Waals surface area contributed by atoms with Crippen LogP contribution < -0.4 is 5.32 Å². The molecule has 100 valence electrons. The third kappa shape index (κ3) is 4.24. The average Bonchev–Trinajstić information content (AvgIpc) is 2.45. The van der Waals surface area contributed by atoms with E-state index in [1.807, 2.05) is 12.3 Å². The van der Waals surface area contributed by atoms with E-state index in [0.29, 0.717) is 0 Å². The standard InChI is InChI=1S/C15H19N3S/c1-3-9-16-14-8-10-17-15(18-14)11-19-13-7-5-4-6-12(13)2/h4-8,10H,3,9,11H2,1-2H3,(H,16,17,18). The molecule has 0 radical (unpaired) electrons. The molecule has 19 heavy (non-hydrogen) atoms. The third-order valence-corrected chi connectivity index (χ3v) is 3.88. The van der Waals surface area contributed by atoms with Crippen molar-refractivity contribution in [2.45, 2.75) is 30.9 Å². The Hall–Kier alpha value is -1.55. The monoisotopic (exact) mass is 273 g/mol. The molecule has 0 saturated heterocycles. The molecule has 0 bridgehead atoms. The number of nitrogens with zero attached hydrogens (tertiary/aromatic N) is 2. The molecule has 1 N–H and O–H groups in total. The second kappa shape index (κ2) is 7.14. The maximum Gasteiger partial charge on any atom is 0.140 e. The van der Waals surface area contributed by atoms with Crippen LogP contribution >= 0.6 is 11.8 Å². The smallest absolute Gasteiger partial charge is 0.140 e. The molecule has 1 heterocycles. The van der Waals surface area contributed by atoms with Gasteiger partial charge in [-0.25, -0.2) is 9.97 Å². The van der Waals surface area contributed by atoms with Gasteiger partial charge in [0.05, 0.1) is 5.75 Å². The highest BCUT2D eigenvalue weighted by molar-refractivity contribution is 7.98. The quantitative estimate of drug-likeness (QED) is 0.810. The maximum absolute atomic E-state index is 4.51. The SMILES string of the molecule is CCCNc1ccnc(CSc2ccccc2C)n1. The van der Waals surface area contributed by atoms with Crippen LogP contribution in [0.5, 0.6) is 0 Å². The second-order valence-electron chi connectivity index (χ2n) is 4.34. The molecule has 0 spiro atoms. The van der Waals surface area contributed by atoms with E-state index in [4.69, 9.17) is 0 Å². The lowest BCUT2D eigenvalue weighted by molar-refractivity contribution is 0.950. The van der Waals surface area contributed by atoms with Crippen molar-refractivity contribution < 1.29 is 0 Å². The highest BCUT2D eigenvalue weighted by Gasteiger charge is 2.02. The summed E-state index contributed by atoms with van der Waals surface area (Å²) in [5.74, 6) is 2.58. The Morgan fingerprint density at radius 3 is 2.84 bits per heavy atom. The summed E-state index contributed by atoms with van der Waals surface area (Å²) in [6.07, 6.45) is 2.91. The van der Waals surface area contributed by atoms with Gasteiger partial charge in [-0.1, -0.05) is 25.1 Å². The number of aromatic nitrogens is 2. The van der Waals surface area contributed by atoms with Crippen LogP contribution in [0.1, 0.15) is 24.7 Å². The first-order valence-electron chi connectivity index (χ1n) is 6.54. The average molecular weight is 273 g/mol. The van der Waals surface area contributed by atoms with Gasteiger partial charge in [0.15, 0.2) is 0 Å². The minimum absolute atomic E-state index is 0.798. The molecule has 0 amide bonds. The van der Waals surface area contributed by atoms with Crippen LogP contribution in [0, 0.1) is 6.92 Å². The maximum atomic E-state index is 4.51. The largest absolute Gasteiger partial charge is 0.370 e. The van der Waals surface area contributed by atoms with Gasteiger partial charge in [-0.05, 0) is 31.0 Å². The Balaban J connectivity index is 1.98. The molecule has 2 rings (SSSR count). The molecule has 2 aromatic rings. The Bertz CT molecular complexity index is 528. The van der Waals surface area contributed by atoms with Gasteiger partial charge in [0.2, 0.25) is 0 Å². The Labute approximate surface area is 118 Å². The van der Waals surface area contributed by atoms with Crippen LogP contribution in [-0.4, -0.2) is 16.5 Å². The summed E-state index contributed by atoms with van der Waals surface area (Å²) in [7, 11) is 0. The Morgan fingerprint density at radius 2 is 2.05 bits per heavy atom. The second-order valence-corrected chi connectivity index (χ2v) is 5.36. The fourth-order valence-electron chi connectivity index (χ4n) is 1.68. The van der Waals surface area contributed by atoms with E-state index in [0.717, 1.165) is 30.4 Å². The van der Waals surface area contributed by atoms with Crippen molar-refractivity contribution >= 4 is 17.6 Å². The van der Waals surface area contributed by atoms with Crippen molar-refractivity contribution in [3.63, 3.8) is 0 Å². The summed E-state index contributed by atoms with van der Waals surface area (Å²) in [6, 6.07) is 10.3. The fraction of sp³-hybridized carbons (Fsp3) is 0.333. The number of aryl methyl sites for hydroxylation is 1. The number of benzene rings is 1. The normalized spacial score (nSPS) is 10.4. The van der Waals surface area contributed by atoms with Gasteiger partial charge in [0.25, 0.3) is 0 Å². The van der Waals surface area contributed by atoms with E-state index < -0.39 is 0 Å². The van der Waals surface area contributed by atoms with Crippen LogP contribution in [-0.2, 0) is 5.75 Å². The van der Waals surface area contributed by atoms with Gasteiger partial charge in [-0.3, -0.25) is 0 Å². The number of nitrogens with one attached hydrogen (secondary N) is 1. The van der Waals surface area contributed by atoms with Crippen molar-refractivity contribution in [1.82, 2.24) is 9.97 Å². The summed E-state index contributed by atoms with van der Waals surface area (Å²) >= 11 is 1.78. The van der Waals surface area contributed by atoms with Crippen molar-refractivity contribution in [1.29, 1.82) is 0 Å². The summed E-state index contributed by atoms with van der Waals surface area (Å²) < 4.78 is 0. The summed E-state index contributed by atoms with van der Waals surface area (Å²) in [5, 5.41) is 3.28. The van der Waals surface area contributed by atoms with Crippen LogP contribution in [0.2, 0.25) is 0 Å². The zero-order valence-electron chi connectivity index (χ0n) is 11.4. The summed E-state index contributed by atoms with van der Waals surface area (Å²) in [6.45, 7) is 5.22. The molecular weight excluding hydrogens is 254 g/mol. The van der Waals surface area contributed by atoms with Gasteiger partial charge < -0.3 is 5.32 Å². The third-order valence-electron chi connectivity index (χ3n) is 2.71. The number of hydrogen-bond acceptors (Lipinski definition) is 4. The van der Waals surface area contributed by atoms with Crippen LogP contribution in [0.4, 0.5) is 5.82 Å². The van der Waals surface area contributed by atoms with Crippen molar-refractivity contribution in [2.75, 3.05) is 11.9 Å². The molecule has 0 aliphatic carbocycles. The lowest BCUT2D eigenvalue weighted by Crippen LogP contribution is -2.04. The van der Waals surface area contributed by atoms with E-state index >= 15 is 0 Å². The number of anilines is 1. The van der Waals surface area contributed by atoms with Crippen molar-refractivity contribution in [3.8, 4) is 0 Å². The molecule has 3 nitrogen and oxygen atoms in total. The first-order chi connectivity index (χ1) is 9.29. The summed E-state index contributed by atoms with van der Waals surface area (Å²) in [5.41, 5.74) is 1.30. The van der Waals surface area contributed by atoms with Gasteiger partial charge in [0, 0.05) is 17.6 Å². The van der Waals surface area contributed by atoms with E-state index in [-0.39, 0.29) is 0 Å². The van der Waals surface area contributed by atoms with Crippen LogP contribution in [0.15, 0.2) is 41.4 Å². The predicted octanol–water partition coefficient (Wildman–Crippen LogP) is 3.90. The van der Waals surface area contributed by atoms with E-state index in [2.05, 4.69) is 53.4 Å². The molecule has 0 unspecified atom stereocenters. The molecule has 0 fully saturated rings. The molecule has 0 aliphatic heterocycles. The molecule has 0 saturated carbocycles. The first-order valence-corrected chi connectivity index (χ1v) is 7.52. The molecular formula is C15H19N3S. The van der Waals surface area contributed by atoms with Gasteiger partial charge >= 0.3 is 0 Å². The molecule has 0 aliphatic rings. The van der Waals surface area contributed by atoms with E-state index in [1.54, 1.807) is 11.8 Å². The first kappa shape index (κ1) is 13.9. The van der Waals surface area contributed by atoms with Crippen molar-refractivity contribution in [3.05, 3.63) is 47.9 Å². The molecule has 0 atom stereocenters. The highest BCUT2D eigenvalue weighted by Crippen LogP contribution is 2.24. The fourth-order valence-corrected chi connectivity index (χ4v) is 2.58. The van der Waals surface area contributed by atoms with Crippen molar-refractivity contribution in [2.24, 2.45) is 0 Å². The minimum Gasteiger partial charge on any atom is -0.370 e. The van der Waals surface area contributed by atoms with E-state index in [9.17, 15) is 0 Å². The molecule has 4 heteroatoms. The zero-order valence-corrected chi connectivity index (χ0v) is 12.2. The lowest BCUT2D eigenvalue weighted by Gasteiger charge is -2.06. The lowest BCUT2D eigenvalue weighted by atomic mass is 10.2.